The minimum atomic E-state index is -0.387. The smallest absolute Gasteiger partial charge is 0.269 e. The summed E-state index contributed by atoms with van der Waals surface area (Å²) in [5.41, 5.74) is 7.30. The van der Waals surface area contributed by atoms with Crippen LogP contribution in [0.15, 0.2) is 59.5 Å². The molecule has 3 rings (SSSR count). The summed E-state index contributed by atoms with van der Waals surface area (Å²) >= 11 is 6.58. The zero-order chi connectivity index (χ0) is 21.5. The van der Waals surface area contributed by atoms with Crippen molar-refractivity contribution < 1.29 is 14.4 Å². The van der Waals surface area contributed by atoms with Crippen molar-refractivity contribution in [1.82, 2.24) is 15.8 Å². The normalized spacial score (nSPS) is 14.8. The van der Waals surface area contributed by atoms with Gasteiger partial charge >= 0.3 is 0 Å². The van der Waals surface area contributed by atoms with E-state index >= 15 is 0 Å². The highest BCUT2D eigenvalue weighted by Gasteiger charge is 2.31. The Labute approximate surface area is 184 Å². The van der Waals surface area contributed by atoms with Gasteiger partial charge in [0.25, 0.3) is 11.8 Å². The van der Waals surface area contributed by atoms with Gasteiger partial charge in [-0.1, -0.05) is 72.0 Å². The Morgan fingerprint density at radius 3 is 2.47 bits per heavy atom. The van der Waals surface area contributed by atoms with E-state index in [1.807, 2.05) is 37.3 Å². The zero-order valence-electron chi connectivity index (χ0n) is 16.4. The van der Waals surface area contributed by atoms with Crippen LogP contribution >= 0.6 is 24.0 Å². The first kappa shape index (κ1) is 21.7. The molecule has 1 heterocycles. The molecular weight excluding hydrogens is 418 g/mol. The van der Waals surface area contributed by atoms with Crippen molar-refractivity contribution in [3.8, 4) is 0 Å². The van der Waals surface area contributed by atoms with Crippen LogP contribution in [0.25, 0.3) is 6.08 Å². The summed E-state index contributed by atoms with van der Waals surface area (Å²) in [5.74, 6) is -0.870. The van der Waals surface area contributed by atoms with Crippen LogP contribution in [0.1, 0.15) is 34.3 Å². The lowest BCUT2D eigenvalue weighted by Gasteiger charge is -2.14. The highest BCUT2D eigenvalue weighted by Crippen LogP contribution is 2.32. The number of amides is 3. The van der Waals surface area contributed by atoms with Gasteiger partial charge < -0.3 is 0 Å². The number of benzene rings is 2. The van der Waals surface area contributed by atoms with Crippen LogP contribution in [0.3, 0.4) is 0 Å². The molecule has 2 aromatic rings. The van der Waals surface area contributed by atoms with Crippen LogP contribution in [0.2, 0.25) is 0 Å². The molecule has 3 amide bonds. The van der Waals surface area contributed by atoms with Gasteiger partial charge in [-0.05, 0) is 37.1 Å². The van der Waals surface area contributed by atoms with Gasteiger partial charge in [0.2, 0.25) is 5.91 Å². The number of hydrazine groups is 1. The Hall–Kier alpha value is -2.97. The molecule has 0 aliphatic carbocycles. The summed E-state index contributed by atoms with van der Waals surface area (Å²) in [7, 11) is 0. The van der Waals surface area contributed by atoms with Gasteiger partial charge in [-0.3, -0.25) is 30.1 Å². The molecule has 0 radical (unpaired) electrons. The Morgan fingerprint density at radius 1 is 1.07 bits per heavy atom. The predicted octanol–water partition coefficient (Wildman–Crippen LogP) is 3.44. The minimum absolute atomic E-state index is 0.150. The van der Waals surface area contributed by atoms with Crippen molar-refractivity contribution >= 4 is 52.1 Å². The Kier molecular flexibility index (Phi) is 7.37. The van der Waals surface area contributed by atoms with Gasteiger partial charge in [0, 0.05) is 18.5 Å². The topological polar surface area (TPSA) is 78.5 Å². The van der Waals surface area contributed by atoms with Crippen molar-refractivity contribution in [2.45, 2.75) is 19.8 Å². The first-order chi connectivity index (χ1) is 14.4. The third kappa shape index (κ3) is 5.77. The van der Waals surface area contributed by atoms with Crippen LogP contribution in [0, 0.1) is 6.92 Å². The summed E-state index contributed by atoms with van der Waals surface area (Å²) in [5, 5.41) is 0. The van der Waals surface area contributed by atoms with E-state index < -0.39 is 0 Å². The molecule has 30 heavy (non-hydrogen) atoms. The third-order valence-corrected chi connectivity index (χ3v) is 5.76. The first-order valence-electron chi connectivity index (χ1n) is 9.40. The van der Waals surface area contributed by atoms with E-state index in [1.165, 1.54) is 16.7 Å². The Bertz CT molecular complexity index is 988. The third-order valence-electron chi connectivity index (χ3n) is 4.39. The fourth-order valence-electron chi connectivity index (χ4n) is 2.76. The monoisotopic (exact) mass is 439 g/mol. The molecule has 8 heteroatoms. The van der Waals surface area contributed by atoms with Gasteiger partial charge in [0.15, 0.2) is 0 Å². The zero-order valence-corrected chi connectivity index (χ0v) is 18.0. The van der Waals surface area contributed by atoms with Gasteiger partial charge in [-0.25, -0.2) is 0 Å². The van der Waals surface area contributed by atoms with Gasteiger partial charge in [-0.15, -0.1) is 0 Å². The van der Waals surface area contributed by atoms with Crippen molar-refractivity contribution in [2.24, 2.45) is 0 Å². The second-order valence-corrected chi connectivity index (χ2v) is 8.39. The van der Waals surface area contributed by atoms with Crippen LogP contribution in [-0.2, 0) is 9.59 Å². The molecule has 2 aromatic carbocycles. The van der Waals surface area contributed by atoms with Crippen LogP contribution in [0.4, 0.5) is 0 Å². The summed E-state index contributed by atoms with van der Waals surface area (Å²) in [6.45, 7) is 2.35. The van der Waals surface area contributed by atoms with Crippen molar-refractivity contribution in [3.05, 3.63) is 76.2 Å². The lowest BCUT2D eigenvalue weighted by molar-refractivity contribution is -0.124. The number of nitrogens with one attached hydrogen (secondary N) is 2. The Morgan fingerprint density at radius 2 is 1.77 bits per heavy atom. The number of thioether (sulfide) groups is 1. The largest absolute Gasteiger partial charge is 0.293 e. The molecule has 0 unspecified atom stereocenters. The number of nitrogens with zero attached hydrogens (tertiary/aromatic N) is 1. The highest BCUT2D eigenvalue weighted by molar-refractivity contribution is 8.26. The average molecular weight is 440 g/mol. The molecule has 0 bridgehead atoms. The van der Waals surface area contributed by atoms with E-state index in [9.17, 15) is 14.4 Å². The molecule has 1 saturated heterocycles. The molecule has 0 aromatic heterocycles. The number of aryl methyl sites for hydroxylation is 1. The average Bonchev–Trinajstić information content (AvgIpc) is 3.01. The number of rotatable bonds is 6. The van der Waals surface area contributed by atoms with Crippen LogP contribution in [0.5, 0.6) is 0 Å². The molecule has 1 aliphatic heterocycles. The highest BCUT2D eigenvalue weighted by atomic mass is 32.2. The van der Waals surface area contributed by atoms with E-state index in [0.29, 0.717) is 27.8 Å². The SMILES string of the molecule is Cc1ccc(/C=C2/SC(=S)N(CCCC(=O)NNC(=O)c3ccccc3)C2=O)cc1. The lowest BCUT2D eigenvalue weighted by Crippen LogP contribution is -2.41. The first-order valence-corrected chi connectivity index (χ1v) is 10.6. The maximum atomic E-state index is 12.6. The molecule has 0 saturated carbocycles. The summed E-state index contributed by atoms with van der Waals surface area (Å²) in [6, 6.07) is 16.5. The van der Waals surface area contributed by atoms with Gasteiger partial charge in [0.05, 0.1) is 4.91 Å². The van der Waals surface area contributed by atoms with Gasteiger partial charge in [0.1, 0.15) is 4.32 Å². The van der Waals surface area contributed by atoms with Crippen molar-refractivity contribution in [3.63, 3.8) is 0 Å². The lowest BCUT2D eigenvalue weighted by atomic mass is 10.1. The molecular formula is C22H21N3O3S2. The fraction of sp³-hybridized carbons (Fsp3) is 0.182. The molecule has 1 aliphatic rings. The minimum Gasteiger partial charge on any atom is -0.293 e. The molecule has 2 N–H and O–H groups in total. The van der Waals surface area contributed by atoms with Crippen LogP contribution in [-0.4, -0.2) is 33.5 Å². The number of carbonyl (C=O) groups excluding carboxylic acids is 3. The quantitative estimate of drug-likeness (QED) is 0.410. The van der Waals surface area contributed by atoms with E-state index in [-0.39, 0.29) is 24.1 Å². The van der Waals surface area contributed by atoms with Crippen molar-refractivity contribution in [2.75, 3.05) is 6.54 Å². The number of hydrogen-bond acceptors (Lipinski definition) is 5. The number of hydrogen-bond donors (Lipinski definition) is 2. The maximum Gasteiger partial charge on any atom is 0.269 e. The molecule has 0 spiro atoms. The maximum absolute atomic E-state index is 12.6. The molecule has 6 nitrogen and oxygen atoms in total. The summed E-state index contributed by atoms with van der Waals surface area (Å²) < 4.78 is 0.483. The van der Waals surface area contributed by atoms with E-state index in [2.05, 4.69) is 10.9 Å². The predicted molar refractivity (Wildman–Crippen MR) is 122 cm³/mol. The fourth-order valence-corrected chi connectivity index (χ4v) is 4.06. The number of carbonyl (C=O) groups is 3. The second kappa shape index (κ2) is 10.2. The number of thiocarbonyl (C=S) groups is 1. The standard InChI is InChI=1S/C22H21N3O3S2/c1-15-9-11-16(12-10-15)14-18-21(28)25(22(29)30-18)13-5-8-19(26)23-24-20(27)17-6-3-2-4-7-17/h2-4,6-7,9-12,14H,5,8,13H2,1H3,(H,23,26)(H,24,27)/b18-14+. The van der Waals surface area contributed by atoms with Gasteiger partial charge in [-0.2, -0.15) is 0 Å². The molecule has 1 fully saturated rings. The molecule has 0 atom stereocenters. The van der Waals surface area contributed by atoms with E-state index in [1.54, 1.807) is 30.3 Å². The van der Waals surface area contributed by atoms with Crippen molar-refractivity contribution in [1.29, 1.82) is 0 Å². The summed E-state index contributed by atoms with van der Waals surface area (Å²) in [4.78, 5) is 38.6. The van der Waals surface area contributed by atoms with E-state index in [4.69, 9.17) is 12.2 Å². The molecule has 154 valence electrons. The second-order valence-electron chi connectivity index (χ2n) is 6.72. The van der Waals surface area contributed by atoms with E-state index in [0.717, 1.165) is 11.1 Å². The Balaban J connectivity index is 1.45. The summed E-state index contributed by atoms with van der Waals surface area (Å²) in [6.07, 6.45) is 2.41. The van der Waals surface area contributed by atoms with Crippen LogP contribution < -0.4 is 10.9 Å².